The maximum absolute atomic E-state index is 12.5. The maximum atomic E-state index is 12.5. The van der Waals surface area contributed by atoms with Crippen LogP contribution in [0.1, 0.15) is 27.7 Å². The number of hydrogen-bond acceptors (Lipinski definition) is 5. The van der Waals surface area contributed by atoms with E-state index in [-0.39, 0.29) is 11.7 Å². The molecule has 0 radical (unpaired) electrons. The molecular formula is C17H21BrN2O3S2. The lowest BCUT2D eigenvalue weighted by Gasteiger charge is -2.23. The first-order valence-corrected chi connectivity index (χ1v) is 11.0. The molecule has 25 heavy (non-hydrogen) atoms. The predicted octanol–water partition coefficient (Wildman–Crippen LogP) is 3.97. The van der Waals surface area contributed by atoms with Gasteiger partial charge in [0.15, 0.2) is 0 Å². The minimum absolute atomic E-state index is 0.0532. The first kappa shape index (κ1) is 20.2. The molecule has 0 saturated carbocycles. The summed E-state index contributed by atoms with van der Waals surface area (Å²) < 4.78 is 26.3. The lowest BCUT2D eigenvalue weighted by atomic mass is 10.2. The Morgan fingerprint density at radius 1 is 1.32 bits per heavy atom. The lowest BCUT2D eigenvalue weighted by molar-refractivity contribution is -0.120. The van der Waals surface area contributed by atoms with E-state index in [1.807, 2.05) is 24.3 Å². The molecule has 1 aromatic carbocycles. The van der Waals surface area contributed by atoms with Crippen molar-refractivity contribution in [3.05, 3.63) is 34.9 Å². The maximum Gasteiger partial charge on any atom is 0.249 e. The second kappa shape index (κ2) is 7.63. The third kappa shape index (κ3) is 5.43. The van der Waals surface area contributed by atoms with E-state index in [1.54, 1.807) is 33.9 Å². The number of sulfonamides is 1. The smallest absolute Gasteiger partial charge is 0.249 e. The Bertz CT molecular complexity index is 896. The molecular weight excluding hydrogens is 424 g/mol. The number of hydrogen-bond donors (Lipinski definition) is 1. The molecule has 1 N–H and O–H groups in total. The molecule has 0 fully saturated rings. The van der Waals surface area contributed by atoms with Crippen LogP contribution >= 0.6 is 27.7 Å². The second-order valence-corrected chi connectivity index (χ2v) is 11.0. The minimum Gasteiger partial charge on any atom is -0.272 e. The zero-order valence-corrected chi connectivity index (χ0v) is 17.8. The molecule has 5 nitrogen and oxygen atoms in total. The van der Waals surface area contributed by atoms with Gasteiger partial charge in [0.25, 0.3) is 0 Å². The van der Waals surface area contributed by atoms with Gasteiger partial charge in [0.1, 0.15) is 0 Å². The minimum atomic E-state index is -3.64. The highest BCUT2D eigenvalue weighted by Crippen LogP contribution is 2.37. The van der Waals surface area contributed by atoms with E-state index in [0.29, 0.717) is 0 Å². The van der Waals surface area contributed by atoms with Gasteiger partial charge in [0, 0.05) is 21.0 Å². The van der Waals surface area contributed by atoms with Crippen LogP contribution in [-0.2, 0) is 14.8 Å². The van der Waals surface area contributed by atoms with Crippen molar-refractivity contribution >= 4 is 54.5 Å². The van der Waals surface area contributed by atoms with Crippen molar-refractivity contribution in [2.75, 3.05) is 5.75 Å². The molecule has 1 amide bonds. The van der Waals surface area contributed by atoms with Crippen LogP contribution in [0, 0.1) is 5.92 Å². The van der Waals surface area contributed by atoms with Gasteiger partial charge in [0.05, 0.1) is 16.0 Å². The molecule has 2 aromatic rings. The van der Waals surface area contributed by atoms with Gasteiger partial charge in [-0.3, -0.25) is 14.5 Å². The van der Waals surface area contributed by atoms with Gasteiger partial charge in [-0.25, -0.2) is 8.42 Å². The van der Waals surface area contributed by atoms with Crippen LogP contribution < -0.4 is 4.72 Å². The van der Waals surface area contributed by atoms with Gasteiger partial charge in [-0.05, 0) is 44.0 Å². The van der Waals surface area contributed by atoms with E-state index >= 15 is 0 Å². The number of aromatic nitrogens is 1. The highest BCUT2D eigenvalue weighted by molar-refractivity contribution is 9.10. The van der Waals surface area contributed by atoms with Gasteiger partial charge in [0.2, 0.25) is 15.9 Å². The van der Waals surface area contributed by atoms with Gasteiger partial charge in [-0.1, -0.05) is 29.8 Å². The number of pyridine rings is 1. The summed E-state index contributed by atoms with van der Waals surface area (Å²) >= 11 is 4.76. The number of fused-ring (bicyclic) bond motifs is 1. The molecule has 0 atom stereocenters. The number of nitrogens with one attached hydrogen (secondary N) is 1. The molecule has 8 heteroatoms. The fourth-order valence-corrected chi connectivity index (χ4v) is 5.27. The molecule has 136 valence electrons. The van der Waals surface area contributed by atoms with E-state index in [4.69, 9.17) is 0 Å². The Kier molecular flexibility index (Phi) is 6.17. The number of carbonyl (C=O) groups is 1. The van der Waals surface area contributed by atoms with Crippen molar-refractivity contribution in [1.82, 2.24) is 9.71 Å². The molecule has 0 aliphatic heterocycles. The summed E-state index contributed by atoms with van der Waals surface area (Å²) in [5.74, 6) is -0.661. The average Bonchev–Trinajstić information content (AvgIpc) is 2.45. The Morgan fingerprint density at radius 2 is 2.00 bits per heavy atom. The fourth-order valence-electron chi connectivity index (χ4n) is 2.25. The van der Waals surface area contributed by atoms with Crippen LogP contribution in [0.2, 0.25) is 0 Å². The highest BCUT2D eigenvalue weighted by atomic mass is 79.9. The summed E-state index contributed by atoms with van der Waals surface area (Å²) in [5, 5.41) is 0.910. The summed E-state index contributed by atoms with van der Waals surface area (Å²) in [6.07, 6.45) is 1.68. The fraction of sp³-hybridized carbons (Fsp3) is 0.412. The summed E-state index contributed by atoms with van der Waals surface area (Å²) in [6, 6.07) is 7.56. The van der Waals surface area contributed by atoms with Gasteiger partial charge in [-0.15, -0.1) is 11.8 Å². The number of benzene rings is 1. The van der Waals surface area contributed by atoms with Crippen molar-refractivity contribution in [3.63, 3.8) is 0 Å². The second-order valence-electron chi connectivity index (χ2n) is 6.69. The van der Waals surface area contributed by atoms with Gasteiger partial charge in [-0.2, -0.15) is 0 Å². The summed E-state index contributed by atoms with van der Waals surface area (Å²) in [7, 11) is -3.64. The molecule has 0 saturated heterocycles. The van der Waals surface area contributed by atoms with Crippen molar-refractivity contribution in [1.29, 1.82) is 0 Å². The van der Waals surface area contributed by atoms with Crippen molar-refractivity contribution < 1.29 is 13.2 Å². The Balaban J connectivity index is 2.26. The monoisotopic (exact) mass is 444 g/mol. The molecule has 0 unspecified atom stereocenters. The third-order valence-electron chi connectivity index (χ3n) is 3.38. The van der Waals surface area contributed by atoms with E-state index in [2.05, 4.69) is 25.6 Å². The number of nitrogens with zero attached hydrogens (tertiary/aromatic N) is 1. The molecule has 1 aromatic heterocycles. The quantitative estimate of drug-likeness (QED) is 0.681. The van der Waals surface area contributed by atoms with Gasteiger partial charge < -0.3 is 0 Å². The number of rotatable bonds is 6. The molecule has 0 spiro atoms. The highest BCUT2D eigenvalue weighted by Gasteiger charge is 2.32. The molecule has 1 heterocycles. The number of thioether (sulfide) groups is 1. The Hall–Kier alpha value is -1.12. The van der Waals surface area contributed by atoms with Crippen LogP contribution in [0.25, 0.3) is 10.9 Å². The summed E-state index contributed by atoms with van der Waals surface area (Å²) in [6.45, 7) is 7.01. The van der Waals surface area contributed by atoms with Crippen molar-refractivity contribution in [3.8, 4) is 0 Å². The zero-order chi connectivity index (χ0) is 18.8. The van der Waals surface area contributed by atoms with Crippen molar-refractivity contribution in [2.45, 2.75) is 37.3 Å². The normalized spacial score (nSPS) is 12.6. The van der Waals surface area contributed by atoms with E-state index in [1.165, 1.54) is 11.8 Å². The van der Waals surface area contributed by atoms with E-state index in [9.17, 15) is 13.2 Å². The van der Waals surface area contributed by atoms with Crippen LogP contribution in [0.5, 0.6) is 0 Å². The molecule has 2 rings (SSSR count). The Labute approximate surface area is 161 Å². The van der Waals surface area contributed by atoms with E-state index < -0.39 is 20.7 Å². The first-order chi connectivity index (χ1) is 11.5. The standard InChI is InChI=1S/C17H21BrN2O3S2/c1-11(2)10-25(22,23)20-16(21)17(3,4)24-15-7-8-19-14-6-5-12(18)9-13(14)15/h5-9,11H,10H2,1-4H3,(H,20,21). The summed E-state index contributed by atoms with van der Waals surface area (Å²) in [4.78, 5) is 17.7. The first-order valence-electron chi connectivity index (χ1n) is 7.78. The van der Waals surface area contributed by atoms with Crippen LogP contribution in [-0.4, -0.2) is 29.8 Å². The average molecular weight is 445 g/mol. The lowest BCUT2D eigenvalue weighted by Crippen LogP contribution is -2.44. The summed E-state index contributed by atoms with van der Waals surface area (Å²) in [5.41, 5.74) is 0.817. The largest absolute Gasteiger partial charge is 0.272 e. The zero-order valence-electron chi connectivity index (χ0n) is 14.5. The van der Waals surface area contributed by atoms with Crippen molar-refractivity contribution in [2.24, 2.45) is 5.92 Å². The Morgan fingerprint density at radius 3 is 2.64 bits per heavy atom. The molecule has 0 bridgehead atoms. The number of halogens is 1. The van der Waals surface area contributed by atoms with Crippen LogP contribution in [0.4, 0.5) is 0 Å². The predicted molar refractivity (Wildman–Crippen MR) is 106 cm³/mol. The van der Waals surface area contributed by atoms with E-state index in [0.717, 1.165) is 20.3 Å². The number of amides is 1. The van der Waals surface area contributed by atoms with Gasteiger partial charge >= 0.3 is 0 Å². The topological polar surface area (TPSA) is 76.1 Å². The third-order valence-corrected chi connectivity index (χ3v) is 6.74. The SMILES string of the molecule is CC(C)CS(=O)(=O)NC(=O)C(C)(C)Sc1ccnc2ccc(Br)cc12. The molecule has 0 aliphatic rings. The van der Waals surface area contributed by atoms with Crippen LogP contribution in [0.15, 0.2) is 39.8 Å². The number of carbonyl (C=O) groups excluding carboxylic acids is 1. The molecule has 0 aliphatic carbocycles. The van der Waals surface area contributed by atoms with Crippen LogP contribution in [0.3, 0.4) is 0 Å².